The van der Waals surface area contributed by atoms with Crippen molar-refractivity contribution in [3.63, 3.8) is 0 Å². The highest BCUT2D eigenvalue weighted by molar-refractivity contribution is 5.85. The Bertz CT molecular complexity index is 1440. The van der Waals surface area contributed by atoms with Crippen molar-refractivity contribution < 1.29 is 42.2 Å². The Morgan fingerprint density at radius 3 is 2.40 bits per heavy atom. The van der Waals surface area contributed by atoms with Gasteiger partial charge in [-0.05, 0) is 56.8 Å². The third kappa shape index (κ3) is 9.62. The summed E-state index contributed by atoms with van der Waals surface area (Å²) in [5.74, 6) is -3.52. The topological polar surface area (TPSA) is 162 Å². The predicted molar refractivity (Wildman–Crippen MR) is 176 cm³/mol. The van der Waals surface area contributed by atoms with Crippen LogP contribution in [0.4, 0.5) is 8.78 Å². The minimum absolute atomic E-state index is 0.0662. The normalized spacial score (nSPS) is 20.1. The molecule has 0 spiro atoms. The number of carbonyl (C=O) groups is 4. The highest BCUT2D eigenvalue weighted by Crippen LogP contribution is 2.35. The zero-order valence-corrected chi connectivity index (χ0v) is 28.2. The number of nitrogens with one attached hydrogen (secondary N) is 2. The molecule has 3 unspecified atom stereocenters. The number of nitrogens with zero attached hydrogens (tertiary/aromatic N) is 2. The Balaban J connectivity index is 0.000000348. The Kier molecular flexibility index (Phi) is 14.1. The summed E-state index contributed by atoms with van der Waals surface area (Å²) in [5.41, 5.74) is 9.07. The van der Waals surface area contributed by atoms with Gasteiger partial charge in [0.2, 0.25) is 11.7 Å². The number of carbonyl (C=O) groups excluding carboxylic acids is 4. The molecular formula is C34H47F2N5O7. The van der Waals surface area contributed by atoms with E-state index in [9.17, 15) is 28.0 Å². The minimum atomic E-state index is -2.04. The standard InChI is InChI=1S/C25H29F2NO5.C9H18N4O2/c1-4-20-8-7-19-6-5-18(11-21(19)28-20)9-10-24(23(30)33-22(12-29)17(2)3)15-31-25(13-26,14-27)32-16-24;1-6(11-2)9(15)13-5-3-4-7(12-13)8(10)14/h5-12,17,22H,4,13-16H2,1-3H3;6-7,11-12H,3-5H2,1-2H3,(H2,10,14)/b10-9+;. The van der Waals surface area contributed by atoms with E-state index >= 15 is 0 Å². The molecule has 2 aromatic rings. The molecule has 4 N–H and O–H groups in total. The van der Waals surface area contributed by atoms with Gasteiger partial charge in [0.05, 0.1) is 24.8 Å². The molecule has 2 aliphatic heterocycles. The van der Waals surface area contributed by atoms with Crippen LogP contribution in [0.1, 0.15) is 51.8 Å². The van der Waals surface area contributed by atoms with E-state index in [4.69, 9.17) is 19.9 Å². The summed E-state index contributed by atoms with van der Waals surface area (Å²) in [4.78, 5) is 51.8. The van der Waals surface area contributed by atoms with Crippen molar-refractivity contribution in [1.29, 1.82) is 0 Å². The first-order chi connectivity index (χ1) is 22.9. The molecule has 264 valence electrons. The number of likely N-dealkylation sites (N-methyl/N-ethyl adjacent to an activating group) is 1. The van der Waals surface area contributed by atoms with Gasteiger partial charge in [0, 0.05) is 17.6 Å². The second-order valence-corrected chi connectivity index (χ2v) is 12.3. The summed E-state index contributed by atoms with van der Waals surface area (Å²) in [6.45, 7) is 4.80. The van der Waals surface area contributed by atoms with E-state index in [1.807, 2.05) is 37.3 Å². The Morgan fingerprint density at radius 1 is 1.17 bits per heavy atom. The minimum Gasteiger partial charge on any atom is -0.454 e. The molecule has 0 saturated carbocycles. The summed E-state index contributed by atoms with van der Waals surface area (Å²) < 4.78 is 42.8. The molecule has 48 heavy (non-hydrogen) atoms. The van der Waals surface area contributed by atoms with Crippen molar-refractivity contribution in [3.8, 4) is 0 Å². The number of aromatic nitrogens is 1. The summed E-state index contributed by atoms with van der Waals surface area (Å²) in [5, 5.41) is 5.31. The smallest absolute Gasteiger partial charge is 0.321 e. The zero-order chi connectivity index (χ0) is 35.5. The summed E-state index contributed by atoms with van der Waals surface area (Å²) in [6, 6.07) is 8.94. The summed E-state index contributed by atoms with van der Waals surface area (Å²) in [7, 11) is 1.72. The summed E-state index contributed by atoms with van der Waals surface area (Å²) >= 11 is 0. The molecule has 1 aromatic heterocycles. The van der Waals surface area contributed by atoms with Crippen molar-refractivity contribution in [1.82, 2.24) is 20.7 Å². The number of fused-ring (bicyclic) bond motifs is 1. The number of nitrogens with two attached hydrogens (primary N) is 1. The van der Waals surface area contributed by atoms with Crippen molar-refractivity contribution in [2.45, 2.75) is 70.9 Å². The van der Waals surface area contributed by atoms with E-state index in [1.165, 1.54) is 5.01 Å². The van der Waals surface area contributed by atoms with Crippen LogP contribution in [0.5, 0.6) is 0 Å². The molecular weight excluding hydrogens is 628 g/mol. The number of aryl methyl sites for hydroxylation is 1. The van der Waals surface area contributed by atoms with Crippen LogP contribution in [0, 0.1) is 11.3 Å². The number of pyridine rings is 1. The van der Waals surface area contributed by atoms with Gasteiger partial charge >= 0.3 is 5.97 Å². The van der Waals surface area contributed by atoms with Gasteiger partial charge in [-0.3, -0.25) is 29.2 Å². The van der Waals surface area contributed by atoms with Crippen molar-refractivity contribution in [3.05, 3.63) is 47.7 Å². The Morgan fingerprint density at radius 2 is 1.83 bits per heavy atom. The van der Waals surface area contributed by atoms with Gasteiger partial charge in [0.15, 0.2) is 12.4 Å². The second-order valence-electron chi connectivity index (χ2n) is 12.3. The van der Waals surface area contributed by atoms with E-state index in [2.05, 4.69) is 15.7 Å². The summed E-state index contributed by atoms with van der Waals surface area (Å²) in [6.07, 6.45) is 5.11. The van der Waals surface area contributed by atoms with Crippen molar-refractivity contribution in [2.24, 2.45) is 17.1 Å². The van der Waals surface area contributed by atoms with Crippen molar-refractivity contribution >= 4 is 41.0 Å². The van der Waals surface area contributed by atoms with Gasteiger partial charge in [0.1, 0.15) is 24.8 Å². The average Bonchev–Trinajstić information content (AvgIpc) is 3.12. The van der Waals surface area contributed by atoms with Gasteiger partial charge < -0.3 is 25.3 Å². The van der Waals surface area contributed by atoms with Gasteiger partial charge in [0.25, 0.3) is 5.91 Å². The number of halogens is 2. The van der Waals surface area contributed by atoms with Crippen LogP contribution in [0.2, 0.25) is 0 Å². The number of benzene rings is 1. The number of aldehydes is 1. The lowest BCUT2D eigenvalue weighted by Crippen LogP contribution is -2.59. The maximum atomic E-state index is 13.3. The first-order valence-corrected chi connectivity index (χ1v) is 16.1. The number of hydrazine groups is 1. The number of primary amides is 1. The number of hydrogen-bond donors (Lipinski definition) is 3. The Labute approximate surface area is 279 Å². The van der Waals surface area contributed by atoms with Crippen LogP contribution >= 0.6 is 0 Å². The number of esters is 1. The molecule has 3 heterocycles. The van der Waals surface area contributed by atoms with Gasteiger partial charge in [-0.1, -0.05) is 51.1 Å². The fourth-order valence-corrected chi connectivity index (χ4v) is 4.88. The first-order valence-electron chi connectivity index (χ1n) is 16.1. The lowest BCUT2D eigenvalue weighted by molar-refractivity contribution is -0.304. The quantitative estimate of drug-likeness (QED) is 0.225. The fraction of sp³-hybridized carbons (Fsp3) is 0.559. The van der Waals surface area contributed by atoms with Crippen LogP contribution in [0.15, 0.2) is 36.4 Å². The molecule has 14 heteroatoms. The molecule has 2 saturated heterocycles. The van der Waals surface area contributed by atoms with E-state index in [-0.39, 0.29) is 31.1 Å². The van der Waals surface area contributed by atoms with Crippen LogP contribution in [-0.2, 0) is 39.8 Å². The maximum Gasteiger partial charge on any atom is 0.321 e. The van der Waals surface area contributed by atoms with E-state index in [0.29, 0.717) is 19.3 Å². The highest BCUT2D eigenvalue weighted by Gasteiger charge is 2.50. The molecule has 4 rings (SSSR count). The molecule has 2 aliphatic rings. The second kappa shape index (κ2) is 17.5. The Hall–Kier alpha value is -3.85. The number of amides is 2. The number of alkyl halides is 2. The fourth-order valence-electron chi connectivity index (χ4n) is 4.88. The molecule has 0 radical (unpaired) electrons. The lowest BCUT2D eigenvalue weighted by Gasteiger charge is -2.41. The molecule has 12 nitrogen and oxygen atoms in total. The zero-order valence-electron chi connectivity index (χ0n) is 28.2. The van der Waals surface area contributed by atoms with Crippen LogP contribution in [-0.4, -0.2) is 98.2 Å². The highest BCUT2D eigenvalue weighted by atomic mass is 19.1. The van der Waals surface area contributed by atoms with Gasteiger partial charge in [-0.2, -0.15) is 0 Å². The van der Waals surface area contributed by atoms with E-state index < -0.39 is 48.6 Å². The first kappa shape index (κ1) is 38.6. The van der Waals surface area contributed by atoms with E-state index in [1.54, 1.807) is 40.0 Å². The third-order valence-corrected chi connectivity index (χ3v) is 8.36. The number of rotatable bonds is 12. The largest absolute Gasteiger partial charge is 0.454 e. The molecule has 0 aliphatic carbocycles. The average molecular weight is 676 g/mol. The lowest BCUT2D eigenvalue weighted by atomic mass is 9.87. The monoisotopic (exact) mass is 675 g/mol. The maximum absolute atomic E-state index is 13.3. The predicted octanol–water partition coefficient (Wildman–Crippen LogP) is 2.82. The van der Waals surface area contributed by atoms with Crippen molar-refractivity contribution in [2.75, 3.05) is 40.2 Å². The van der Waals surface area contributed by atoms with Crippen LogP contribution in [0.25, 0.3) is 17.0 Å². The number of hydrogen-bond acceptors (Lipinski definition) is 10. The molecule has 3 atom stereocenters. The molecule has 2 fully saturated rings. The van der Waals surface area contributed by atoms with E-state index in [0.717, 1.165) is 35.0 Å². The SMILES string of the molecule is CCc1ccc2ccc(/C=C/C3(C(=O)OC(C=O)C(C)C)COC(CF)(CF)OC3)cc2n1.CNC(C)C(=O)N1CCCC(C(N)=O)N1. The number of ether oxygens (including phenoxy) is 3. The van der Waals surface area contributed by atoms with Crippen LogP contribution < -0.4 is 16.5 Å². The molecule has 1 aromatic carbocycles. The molecule has 0 bridgehead atoms. The third-order valence-electron chi connectivity index (χ3n) is 8.36. The molecule has 2 amide bonds. The van der Waals surface area contributed by atoms with Gasteiger partial charge in [-0.25, -0.2) is 14.2 Å². The van der Waals surface area contributed by atoms with Gasteiger partial charge in [-0.15, -0.1) is 0 Å². The van der Waals surface area contributed by atoms with Crippen LogP contribution in [0.3, 0.4) is 0 Å².